The van der Waals surface area contributed by atoms with Gasteiger partial charge >= 0.3 is 7.12 Å². The van der Waals surface area contributed by atoms with Crippen LogP contribution in [0, 0.1) is 25.5 Å². The number of aromatic nitrogens is 10. The van der Waals surface area contributed by atoms with Crippen molar-refractivity contribution in [1.82, 2.24) is 49.1 Å². The third kappa shape index (κ3) is 9.37. The Balaban J connectivity index is 0.000000141. The molecule has 67 heavy (non-hydrogen) atoms. The highest BCUT2D eigenvalue weighted by Gasteiger charge is 2.52. The highest BCUT2D eigenvalue weighted by Crippen LogP contribution is 2.37. The van der Waals surface area contributed by atoms with Crippen LogP contribution in [0.1, 0.15) is 68.8 Å². The summed E-state index contributed by atoms with van der Waals surface area (Å²) in [5.74, 6) is 2.12. The van der Waals surface area contributed by atoms with Crippen LogP contribution in [0.2, 0.25) is 0 Å². The molecule has 3 aliphatic rings. The van der Waals surface area contributed by atoms with E-state index in [2.05, 4.69) is 94.6 Å². The fraction of sp³-hybridized carbons (Fsp3) is 0.319. The van der Waals surface area contributed by atoms with E-state index < -0.39 is 0 Å². The van der Waals surface area contributed by atoms with Gasteiger partial charge in [0.1, 0.15) is 35.8 Å². The molecule has 1 fully saturated rings. The zero-order chi connectivity index (χ0) is 46.2. The van der Waals surface area contributed by atoms with Crippen molar-refractivity contribution in [2.45, 2.75) is 86.1 Å². The van der Waals surface area contributed by atoms with Gasteiger partial charge < -0.3 is 29.4 Å². The Labute approximate surface area is 395 Å². The van der Waals surface area contributed by atoms with Gasteiger partial charge in [0.05, 0.1) is 28.9 Å². The van der Waals surface area contributed by atoms with Gasteiger partial charge in [0.15, 0.2) is 11.3 Å². The zero-order valence-electron chi connectivity index (χ0n) is 37.1. The predicted molar refractivity (Wildman–Crippen MR) is 255 cm³/mol. The average Bonchev–Trinajstić information content (AvgIpc) is 4.16. The van der Waals surface area contributed by atoms with Crippen LogP contribution in [-0.4, -0.2) is 80.7 Å². The Morgan fingerprint density at radius 1 is 0.672 bits per heavy atom. The van der Waals surface area contributed by atoms with Gasteiger partial charge in [-0.2, -0.15) is 0 Å². The lowest BCUT2D eigenvalue weighted by Gasteiger charge is -2.32. The van der Waals surface area contributed by atoms with Gasteiger partial charge in [0, 0.05) is 101 Å². The van der Waals surface area contributed by atoms with E-state index in [1.54, 1.807) is 58.4 Å². The summed E-state index contributed by atoms with van der Waals surface area (Å²) in [5, 5.41) is 22.5. The lowest BCUT2D eigenvalue weighted by molar-refractivity contribution is 0.00578. The summed E-state index contributed by atoms with van der Waals surface area (Å²) in [6.07, 6.45) is 11.5. The van der Waals surface area contributed by atoms with Crippen LogP contribution in [-0.2, 0) is 35.2 Å². The van der Waals surface area contributed by atoms with Crippen molar-refractivity contribution in [3.05, 3.63) is 136 Å². The van der Waals surface area contributed by atoms with Gasteiger partial charge in [0.2, 0.25) is 11.9 Å². The van der Waals surface area contributed by atoms with E-state index in [0.717, 1.165) is 61.5 Å². The fourth-order valence-corrected chi connectivity index (χ4v) is 8.27. The number of anilines is 2. The SMILES string of the molecule is C.Cc1ncccc1-c1cnc(NCc2c(F)ccc3c2CCO3)n2cnnc12.Cc1ncccc1B1OC(C)(C)C(C)(C)O1.Fc1ccc2c(c1CNc1ncc(Br)c3nncn13)CCO2. The third-order valence-electron chi connectivity index (χ3n) is 12.2. The first kappa shape index (κ1) is 46.9. The van der Waals surface area contributed by atoms with Crippen molar-refractivity contribution in [3.8, 4) is 22.6 Å². The van der Waals surface area contributed by atoms with Crippen LogP contribution in [0.25, 0.3) is 22.4 Å². The minimum absolute atomic E-state index is 0. The van der Waals surface area contributed by atoms with E-state index in [0.29, 0.717) is 67.0 Å². The number of hydrogen-bond donors (Lipinski definition) is 2. The number of hydrogen-bond acceptors (Lipinski definition) is 14. The number of nitrogens with one attached hydrogen (secondary N) is 2. The van der Waals surface area contributed by atoms with Gasteiger partial charge in [-0.05, 0) is 93.9 Å². The lowest BCUT2D eigenvalue weighted by atomic mass is 9.78. The molecule has 16 nitrogen and oxygen atoms in total. The van der Waals surface area contributed by atoms with E-state index in [1.807, 2.05) is 38.1 Å². The fourth-order valence-electron chi connectivity index (χ4n) is 7.89. The number of aryl methyl sites for hydroxylation is 2. The van der Waals surface area contributed by atoms with Gasteiger partial charge in [0.25, 0.3) is 0 Å². The maximum Gasteiger partial charge on any atom is 0.496 e. The molecule has 2 N–H and O–H groups in total. The number of benzene rings is 2. The number of rotatable bonds is 8. The van der Waals surface area contributed by atoms with Gasteiger partial charge in [-0.25, -0.2) is 18.7 Å². The van der Waals surface area contributed by atoms with Gasteiger partial charge in [-0.3, -0.25) is 18.8 Å². The van der Waals surface area contributed by atoms with Crippen LogP contribution in [0.4, 0.5) is 20.7 Å². The molecule has 20 heteroatoms. The molecule has 9 heterocycles. The van der Waals surface area contributed by atoms with E-state index in [9.17, 15) is 8.78 Å². The molecule has 8 aromatic rings. The van der Waals surface area contributed by atoms with Crippen LogP contribution in [0.5, 0.6) is 11.5 Å². The summed E-state index contributed by atoms with van der Waals surface area (Å²) in [6.45, 7) is 13.9. The highest BCUT2D eigenvalue weighted by molar-refractivity contribution is 9.10. The number of ether oxygens (including phenoxy) is 2. The normalized spacial score (nSPS) is 15.0. The molecule has 0 saturated carbocycles. The molecule has 0 unspecified atom stereocenters. The standard InChI is InChI=1S/C20H17FN6O.C14H11BrFN5O.C12H18BNO2.CH4/c1-12-13(3-2-7-22-12)16-10-24-20(27-11-25-26-19(16)27)23-9-15-14-6-8-28-18(14)5-4-17(15)21;15-10-6-18-14(21-7-19-20-13(10)21)17-5-9-8-3-4-22-12(8)2-1-11(9)16;1-9-10(7-6-8-14-9)13-15-11(2,3)12(4,5)16-13;/h2-5,7,10-11H,6,8-9H2,1H3,(H,23,24);1-2,6-7H,3-5H2,(H,17,18);6-8H,1-5H3;1H4. The molecule has 3 aliphatic heterocycles. The molecule has 2 aromatic carbocycles. The smallest absolute Gasteiger partial charge is 0.493 e. The number of halogens is 3. The molecule has 11 rings (SSSR count). The Morgan fingerprint density at radius 2 is 1.19 bits per heavy atom. The Kier molecular flexibility index (Phi) is 13.5. The molecule has 346 valence electrons. The summed E-state index contributed by atoms with van der Waals surface area (Å²) in [4.78, 5) is 17.4. The van der Waals surface area contributed by atoms with E-state index in [4.69, 9.17) is 18.8 Å². The van der Waals surface area contributed by atoms with Crippen LogP contribution in [0.3, 0.4) is 0 Å². The molecule has 0 amide bonds. The lowest BCUT2D eigenvalue weighted by Crippen LogP contribution is -2.41. The molecule has 0 radical (unpaired) electrons. The number of fused-ring (bicyclic) bond motifs is 4. The number of pyridine rings is 2. The van der Waals surface area contributed by atoms with Crippen LogP contribution in [0.15, 0.2) is 90.4 Å². The molecule has 0 bridgehead atoms. The van der Waals surface area contributed by atoms with Crippen molar-refractivity contribution in [1.29, 1.82) is 0 Å². The first-order chi connectivity index (χ1) is 31.8. The second-order valence-corrected chi connectivity index (χ2v) is 17.6. The Morgan fingerprint density at radius 3 is 1.76 bits per heavy atom. The van der Waals surface area contributed by atoms with Crippen LogP contribution >= 0.6 is 15.9 Å². The van der Waals surface area contributed by atoms with Gasteiger partial charge in [-0.1, -0.05) is 19.6 Å². The minimum atomic E-state index is -0.307. The predicted octanol–water partition coefficient (Wildman–Crippen LogP) is 8.08. The summed E-state index contributed by atoms with van der Waals surface area (Å²) >= 11 is 3.37. The highest BCUT2D eigenvalue weighted by atomic mass is 79.9. The molecule has 0 aliphatic carbocycles. The van der Waals surface area contributed by atoms with Crippen molar-refractivity contribution in [3.63, 3.8) is 0 Å². The Hall–Kier alpha value is -6.64. The second kappa shape index (κ2) is 19.3. The summed E-state index contributed by atoms with van der Waals surface area (Å²) in [7, 11) is -0.307. The quantitative estimate of drug-likeness (QED) is 0.140. The van der Waals surface area contributed by atoms with Crippen molar-refractivity contribution in [2.75, 3.05) is 23.8 Å². The molecule has 1 saturated heterocycles. The molecule has 0 atom stereocenters. The number of nitrogens with zero attached hydrogens (tertiary/aromatic N) is 10. The zero-order valence-corrected chi connectivity index (χ0v) is 38.7. The second-order valence-electron chi connectivity index (χ2n) is 16.8. The topological polar surface area (TPSA) is 173 Å². The maximum absolute atomic E-state index is 14.4. The van der Waals surface area contributed by atoms with Crippen molar-refractivity contribution >= 4 is 51.7 Å². The third-order valence-corrected chi connectivity index (χ3v) is 12.8. The average molecular weight is 976 g/mol. The Bertz CT molecular complexity index is 3060. The summed E-state index contributed by atoms with van der Waals surface area (Å²) in [6, 6.07) is 14.0. The first-order valence-electron chi connectivity index (χ1n) is 21.4. The van der Waals surface area contributed by atoms with Crippen LogP contribution < -0.4 is 25.6 Å². The minimum Gasteiger partial charge on any atom is -0.493 e. The van der Waals surface area contributed by atoms with E-state index in [1.165, 1.54) is 12.1 Å². The van der Waals surface area contributed by atoms with E-state index >= 15 is 0 Å². The molecular formula is C47H50BBrF2N12O4. The van der Waals surface area contributed by atoms with E-state index in [-0.39, 0.29) is 37.4 Å². The van der Waals surface area contributed by atoms with Crippen molar-refractivity contribution in [2.24, 2.45) is 0 Å². The molecule has 0 spiro atoms. The summed E-state index contributed by atoms with van der Waals surface area (Å²) in [5.41, 5.74) is 8.43. The molecule has 6 aromatic heterocycles. The largest absolute Gasteiger partial charge is 0.496 e. The maximum atomic E-state index is 14.4. The first-order valence-corrected chi connectivity index (χ1v) is 22.1. The van der Waals surface area contributed by atoms with Crippen molar-refractivity contribution < 1.29 is 27.6 Å². The monoisotopic (exact) mass is 974 g/mol. The van der Waals surface area contributed by atoms with Gasteiger partial charge in [-0.15, -0.1) is 20.4 Å². The molecular weight excluding hydrogens is 925 g/mol. The summed E-state index contributed by atoms with van der Waals surface area (Å²) < 4.78 is 55.7.